The molecule has 4 heteroatoms. The monoisotopic (exact) mass is 737 g/mol. The molecule has 0 aliphatic heterocycles. The first-order valence-electron chi connectivity index (χ1n) is 20.5. The van der Waals surface area contributed by atoms with E-state index in [4.69, 9.17) is 16.6 Å². The fourth-order valence-corrected chi connectivity index (χ4v) is 7.70. The van der Waals surface area contributed by atoms with Gasteiger partial charge in [-0.1, -0.05) is 136 Å². The Bertz CT molecular complexity index is 1570. The molecule has 2 atom stereocenters. The molecule has 0 radical (unpaired) electrons. The summed E-state index contributed by atoms with van der Waals surface area (Å²) >= 11 is 6.75. The number of carbonyl (C=O) groups is 1. The standard InChI is InChI=1S/C44H58ClNO.C5H11N/c1-6-8-10-15-43(46-42(7-2)40-28-16-33(5)30-41(40)45)39(27-29-44(47)38-13-11-9-12-14-38)31-36-21-19-34(20-22-36)17-18-35-23-25-37(26-24-35)32(3)4;1-4-6-5(2)3/h7,16,19-25,28,30,37-39H,3,6,8-15,17-18,26-27,29,31H2,1-2,4-5H3;4-6H,1H2,2-3H3/b42-7-,46-43?;. The maximum Gasteiger partial charge on any atom is 0.135 e. The number of halogens is 1. The van der Waals surface area contributed by atoms with Crippen LogP contribution < -0.4 is 5.32 Å². The van der Waals surface area contributed by atoms with E-state index in [-0.39, 0.29) is 11.8 Å². The van der Waals surface area contributed by atoms with Crippen molar-refractivity contribution in [1.29, 1.82) is 0 Å². The molecule has 1 N–H and O–H groups in total. The summed E-state index contributed by atoms with van der Waals surface area (Å²) in [7, 11) is 0. The number of benzene rings is 2. The first kappa shape index (κ1) is 44.0. The van der Waals surface area contributed by atoms with Gasteiger partial charge in [0.2, 0.25) is 0 Å². The topological polar surface area (TPSA) is 41.5 Å². The van der Waals surface area contributed by atoms with E-state index in [0.717, 1.165) is 79.6 Å². The lowest BCUT2D eigenvalue weighted by molar-refractivity contribution is -0.124. The minimum atomic E-state index is 0.211. The van der Waals surface area contributed by atoms with Crippen LogP contribution in [0.25, 0.3) is 5.70 Å². The molecule has 0 spiro atoms. The van der Waals surface area contributed by atoms with Crippen molar-refractivity contribution in [3.8, 4) is 0 Å². The summed E-state index contributed by atoms with van der Waals surface area (Å²) in [6.07, 6.45) is 26.5. The highest BCUT2D eigenvalue weighted by Gasteiger charge is 2.24. The molecule has 0 bridgehead atoms. The van der Waals surface area contributed by atoms with Gasteiger partial charge in [0.25, 0.3) is 0 Å². The van der Waals surface area contributed by atoms with Crippen LogP contribution in [0.15, 0.2) is 102 Å². The quantitative estimate of drug-likeness (QED) is 0.0886. The minimum absolute atomic E-state index is 0.211. The predicted octanol–water partition coefficient (Wildman–Crippen LogP) is 14.0. The van der Waals surface area contributed by atoms with Crippen LogP contribution >= 0.6 is 11.6 Å². The first-order chi connectivity index (χ1) is 25.5. The number of carbonyl (C=O) groups excluding carboxylic acids is 1. The van der Waals surface area contributed by atoms with Crippen molar-refractivity contribution in [2.45, 2.75) is 144 Å². The van der Waals surface area contributed by atoms with Crippen LogP contribution in [-0.4, -0.2) is 17.5 Å². The molecule has 2 unspecified atom stereocenters. The van der Waals surface area contributed by atoms with E-state index in [1.807, 2.05) is 6.07 Å². The van der Waals surface area contributed by atoms with Crippen molar-refractivity contribution >= 4 is 28.8 Å². The van der Waals surface area contributed by atoms with Crippen LogP contribution in [0.2, 0.25) is 5.02 Å². The van der Waals surface area contributed by atoms with Crippen LogP contribution in [0.4, 0.5) is 0 Å². The lowest BCUT2D eigenvalue weighted by atomic mass is 9.81. The van der Waals surface area contributed by atoms with E-state index in [0.29, 0.717) is 24.2 Å². The number of unbranched alkanes of at least 4 members (excludes halogenated alkanes) is 2. The first-order valence-corrected chi connectivity index (χ1v) is 20.9. The third-order valence-corrected chi connectivity index (χ3v) is 11.0. The van der Waals surface area contributed by atoms with Crippen molar-refractivity contribution in [3.63, 3.8) is 0 Å². The van der Waals surface area contributed by atoms with Crippen LogP contribution in [-0.2, 0) is 17.6 Å². The van der Waals surface area contributed by atoms with Crippen molar-refractivity contribution < 1.29 is 4.79 Å². The summed E-state index contributed by atoms with van der Waals surface area (Å²) in [6, 6.07) is 16.0. The average Bonchev–Trinajstić information content (AvgIpc) is 3.15. The fourth-order valence-electron chi connectivity index (χ4n) is 7.37. The summed E-state index contributed by atoms with van der Waals surface area (Å²) in [5.41, 5.74) is 9.63. The predicted molar refractivity (Wildman–Crippen MR) is 233 cm³/mol. The molecule has 2 aromatic carbocycles. The van der Waals surface area contributed by atoms with E-state index in [1.165, 1.54) is 60.1 Å². The normalized spacial score (nSPS) is 17.1. The van der Waals surface area contributed by atoms with Crippen LogP contribution in [0.5, 0.6) is 0 Å². The second-order valence-corrected chi connectivity index (χ2v) is 16.0. The SMILES string of the molecule is C=C(C)C1C=CC(CCc2ccc(CC(CCC(=O)C3CCCCC3)C(CCCCC)=N/C(=C\C)c3ccc(C)cc3Cl)cc2)=CC1.C=CNC(C)C. The maximum atomic E-state index is 13.4. The van der Waals surface area contributed by atoms with Crippen molar-refractivity contribution in [2.24, 2.45) is 22.7 Å². The number of nitrogens with zero attached hydrogens (tertiary/aromatic N) is 1. The van der Waals surface area contributed by atoms with Gasteiger partial charge in [-0.3, -0.25) is 9.79 Å². The van der Waals surface area contributed by atoms with Crippen LogP contribution in [0, 0.1) is 24.7 Å². The van der Waals surface area contributed by atoms with Crippen LogP contribution in [0.1, 0.15) is 140 Å². The smallest absolute Gasteiger partial charge is 0.135 e. The van der Waals surface area contributed by atoms with Gasteiger partial charge in [-0.25, -0.2) is 0 Å². The molecule has 1 saturated carbocycles. The van der Waals surface area contributed by atoms with Gasteiger partial charge >= 0.3 is 0 Å². The molecular weight excluding hydrogens is 668 g/mol. The van der Waals surface area contributed by atoms with Gasteiger partial charge in [0.15, 0.2) is 0 Å². The molecule has 53 heavy (non-hydrogen) atoms. The largest absolute Gasteiger partial charge is 0.389 e. The second-order valence-electron chi connectivity index (χ2n) is 15.6. The molecule has 3 nitrogen and oxygen atoms in total. The summed E-state index contributed by atoms with van der Waals surface area (Å²) in [4.78, 5) is 18.8. The Morgan fingerprint density at radius 3 is 2.30 bits per heavy atom. The number of Topliss-reactive ketones (excluding diaryl/α,β-unsaturated/α-hetero) is 1. The molecule has 0 aromatic heterocycles. The summed E-state index contributed by atoms with van der Waals surface area (Å²) in [5, 5.41) is 3.71. The van der Waals surface area contributed by atoms with Gasteiger partial charge in [0.1, 0.15) is 5.78 Å². The molecule has 288 valence electrons. The van der Waals surface area contributed by atoms with Crippen LogP contribution in [0.3, 0.4) is 0 Å². The second kappa shape index (κ2) is 24.1. The Morgan fingerprint density at radius 1 is 1.02 bits per heavy atom. The molecule has 1 fully saturated rings. The van der Waals surface area contributed by atoms with Crippen molar-refractivity contribution in [1.82, 2.24) is 5.32 Å². The summed E-state index contributed by atoms with van der Waals surface area (Å²) in [5.74, 6) is 1.41. The molecule has 2 aliphatic carbocycles. The number of allylic oxidation sites excluding steroid dienone is 6. The third kappa shape index (κ3) is 15.8. The van der Waals surface area contributed by atoms with E-state index >= 15 is 0 Å². The zero-order valence-electron chi connectivity index (χ0n) is 34.0. The zero-order chi connectivity index (χ0) is 38.6. The van der Waals surface area contributed by atoms with E-state index in [2.05, 4.69) is 121 Å². The van der Waals surface area contributed by atoms with Gasteiger partial charge < -0.3 is 5.32 Å². The number of aliphatic imine (C=N–C) groups is 1. The van der Waals surface area contributed by atoms with Gasteiger partial charge in [0, 0.05) is 41.5 Å². The number of rotatable bonds is 19. The fraction of sp³-hybridized carbons (Fsp3) is 0.510. The molecule has 0 amide bonds. The Morgan fingerprint density at radius 2 is 1.74 bits per heavy atom. The number of nitrogens with one attached hydrogen (secondary N) is 1. The highest BCUT2D eigenvalue weighted by Crippen LogP contribution is 2.31. The zero-order valence-corrected chi connectivity index (χ0v) is 34.7. The van der Waals surface area contributed by atoms with Gasteiger partial charge in [-0.05, 0) is 121 Å². The van der Waals surface area contributed by atoms with Gasteiger partial charge in [-0.2, -0.15) is 0 Å². The lowest BCUT2D eigenvalue weighted by Crippen LogP contribution is -2.22. The minimum Gasteiger partial charge on any atom is -0.389 e. The van der Waals surface area contributed by atoms with Gasteiger partial charge in [-0.15, -0.1) is 0 Å². The van der Waals surface area contributed by atoms with E-state index in [9.17, 15) is 4.79 Å². The number of hydrogen-bond acceptors (Lipinski definition) is 3. The molecule has 0 saturated heterocycles. The highest BCUT2D eigenvalue weighted by atomic mass is 35.5. The van der Waals surface area contributed by atoms with Crippen molar-refractivity contribution in [2.75, 3.05) is 0 Å². The number of hydrogen-bond donors (Lipinski definition) is 1. The van der Waals surface area contributed by atoms with Crippen molar-refractivity contribution in [3.05, 3.63) is 125 Å². The molecule has 4 rings (SSSR count). The maximum absolute atomic E-state index is 13.4. The third-order valence-electron chi connectivity index (χ3n) is 10.7. The summed E-state index contributed by atoms with van der Waals surface area (Å²) in [6.45, 7) is 20.2. The van der Waals surface area contributed by atoms with E-state index in [1.54, 1.807) is 6.20 Å². The molecule has 2 aromatic rings. The molecule has 0 heterocycles. The summed E-state index contributed by atoms with van der Waals surface area (Å²) < 4.78 is 0. The Hall–Kier alpha value is -3.43. The number of aryl methyl sites for hydroxylation is 2. The Balaban J connectivity index is 0.00000116. The Labute approximate surface area is 328 Å². The lowest BCUT2D eigenvalue weighted by Gasteiger charge is -2.24. The Kier molecular flexibility index (Phi) is 20.0. The molecular formula is C49H69ClN2O. The highest BCUT2D eigenvalue weighted by molar-refractivity contribution is 6.32. The average molecular weight is 738 g/mol. The van der Waals surface area contributed by atoms with E-state index < -0.39 is 0 Å². The molecule has 2 aliphatic rings. The van der Waals surface area contributed by atoms with Gasteiger partial charge in [0.05, 0.1) is 10.7 Å². The number of ketones is 1.